The van der Waals surface area contributed by atoms with Crippen molar-refractivity contribution in [2.75, 3.05) is 26.4 Å². The summed E-state index contributed by atoms with van der Waals surface area (Å²) >= 11 is 0. The van der Waals surface area contributed by atoms with Crippen molar-refractivity contribution in [3.8, 4) is 0 Å². The Kier molecular flexibility index (Phi) is 36.6. The molecule has 3 fully saturated rings. The molecule has 19 nitrogen and oxygen atoms in total. The number of aliphatic hydroxyl groups is 11. The van der Waals surface area contributed by atoms with Crippen LogP contribution in [0.3, 0.4) is 0 Å². The number of rotatable bonds is 41. The van der Waals surface area contributed by atoms with E-state index in [4.69, 9.17) is 28.4 Å². The van der Waals surface area contributed by atoms with Gasteiger partial charge in [0.15, 0.2) is 18.9 Å². The highest BCUT2D eigenvalue weighted by atomic mass is 16.8. The van der Waals surface area contributed by atoms with Crippen LogP contribution in [0.4, 0.5) is 0 Å². The van der Waals surface area contributed by atoms with Gasteiger partial charge in [-0.25, -0.2) is 0 Å². The summed E-state index contributed by atoms with van der Waals surface area (Å²) in [5, 5.41) is 120. The average molecular weight is 1090 g/mol. The molecule has 0 aromatic carbocycles. The lowest BCUT2D eigenvalue weighted by molar-refractivity contribution is -0.379. The number of unbranched alkanes of at least 4 members (excludes halogenated alkanes) is 19. The van der Waals surface area contributed by atoms with Gasteiger partial charge in [0.05, 0.1) is 38.6 Å². The number of nitrogens with one attached hydrogen (secondary N) is 1. The van der Waals surface area contributed by atoms with Crippen LogP contribution in [-0.4, -0.2) is 193 Å². The van der Waals surface area contributed by atoms with Gasteiger partial charge in [0.25, 0.3) is 0 Å². The molecule has 17 atom stereocenters. The lowest BCUT2D eigenvalue weighted by atomic mass is 9.96. The third kappa shape index (κ3) is 25.0. The average Bonchev–Trinajstić information content (AvgIpc) is 3.42. The minimum absolute atomic E-state index is 0.221. The fourth-order valence-corrected chi connectivity index (χ4v) is 9.51. The van der Waals surface area contributed by atoms with E-state index in [1.807, 2.05) is 6.08 Å². The first-order valence-electron chi connectivity index (χ1n) is 28.9. The number of allylic oxidation sites excluding steroid dienone is 7. The van der Waals surface area contributed by atoms with Gasteiger partial charge in [-0.2, -0.15) is 0 Å². The Balaban J connectivity index is 1.55. The molecule has 0 aliphatic carbocycles. The van der Waals surface area contributed by atoms with Crippen LogP contribution in [0, 0.1) is 0 Å². The maximum atomic E-state index is 13.3. The van der Waals surface area contributed by atoms with E-state index in [1.54, 1.807) is 6.08 Å². The number of amides is 1. The second-order valence-electron chi connectivity index (χ2n) is 20.7. The normalized spacial score (nSPS) is 31.3. The van der Waals surface area contributed by atoms with Gasteiger partial charge in [-0.3, -0.25) is 4.79 Å². The van der Waals surface area contributed by atoms with E-state index in [0.29, 0.717) is 12.8 Å². The number of ether oxygens (including phenoxy) is 6. The van der Waals surface area contributed by atoms with Crippen LogP contribution in [0.1, 0.15) is 174 Å². The summed E-state index contributed by atoms with van der Waals surface area (Å²) in [6.07, 6.45) is 16.7. The molecule has 0 radical (unpaired) electrons. The third-order valence-electron chi connectivity index (χ3n) is 14.3. The van der Waals surface area contributed by atoms with Crippen molar-refractivity contribution < 1.29 is 89.4 Å². The van der Waals surface area contributed by atoms with Crippen molar-refractivity contribution in [3.63, 3.8) is 0 Å². The Bertz CT molecular complexity index is 1580. The largest absolute Gasteiger partial charge is 0.394 e. The van der Waals surface area contributed by atoms with Crippen LogP contribution >= 0.6 is 0 Å². The molecule has 0 spiro atoms. The van der Waals surface area contributed by atoms with Gasteiger partial charge in [-0.15, -0.1) is 0 Å². The van der Waals surface area contributed by atoms with Crippen molar-refractivity contribution in [1.29, 1.82) is 0 Å². The van der Waals surface area contributed by atoms with E-state index < -0.39 is 124 Å². The van der Waals surface area contributed by atoms with Crippen LogP contribution in [0.2, 0.25) is 0 Å². The summed E-state index contributed by atoms with van der Waals surface area (Å²) in [6, 6.07) is -0.999. The Morgan fingerprint density at radius 3 is 1.32 bits per heavy atom. The molecule has 76 heavy (non-hydrogen) atoms. The Hall–Kier alpha value is -2.25. The Labute approximate surface area is 453 Å². The molecule has 0 saturated carbocycles. The summed E-state index contributed by atoms with van der Waals surface area (Å²) in [6.45, 7) is 1.65. The summed E-state index contributed by atoms with van der Waals surface area (Å²) in [5.74, 6) is -0.301. The first-order chi connectivity index (χ1) is 36.8. The number of carbonyl (C=O) groups excluding carboxylic acids is 1. The quantitative estimate of drug-likeness (QED) is 0.0300. The lowest BCUT2D eigenvalue weighted by Gasteiger charge is -2.48. The fraction of sp³-hybridized carbons (Fsp3) is 0.842. The van der Waals surface area contributed by atoms with Gasteiger partial charge in [-0.1, -0.05) is 146 Å². The molecule has 17 unspecified atom stereocenters. The molecule has 442 valence electrons. The van der Waals surface area contributed by atoms with Gasteiger partial charge < -0.3 is 89.9 Å². The molecule has 0 bridgehead atoms. The molecule has 12 N–H and O–H groups in total. The van der Waals surface area contributed by atoms with E-state index in [1.165, 1.54) is 77.0 Å². The van der Waals surface area contributed by atoms with Gasteiger partial charge in [0.2, 0.25) is 5.91 Å². The highest BCUT2D eigenvalue weighted by molar-refractivity contribution is 5.76. The third-order valence-corrected chi connectivity index (χ3v) is 14.3. The first-order valence-corrected chi connectivity index (χ1v) is 28.9. The minimum Gasteiger partial charge on any atom is -0.394 e. The molecular weight excluding hydrogens is 987 g/mol. The molecule has 1 amide bonds. The maximum absolute atomic E-state index is 13.3. The Morgan fingerprint density at radius 1 is 0.461 bits per heavy atom. The topological polar surface area (TPSA) is 307 Å². The van der Waals surface area contributed by atoms with Crippen LogP contribution in [0.15, 0.2) is 48.6 Å². The van der Waals surface area contributed by atoms with Crippen molar-refractivity contribution >= 4 is 5.91 Å². The fourth-order valence-electron chi connectivity index (χ4n) is 9.51. The smallest absolute Gasteiger partial charge is 0.220 e. The first kappa shape index (κ1) is 68.0. The summed E-state index contributed by atoms with van der Waals surface area (Å²) in [7, 11) is 0. The second-order valence-corrected chi connectivity index (χ2v) is 20.7. The zero-order chi connectivity index (χ0) is 55.5. The van der Waals surface area contributed by atoms with E-state index >= 15 is 0 Å². The van der Waals surface area contributed by atoms with E-state index in [-0.39, 0.29) is 18.9 Å². The van der Waals surface area contributed by atoms with Crippen molar-refractivity contribution in [2.24, 2.45) is 0 Å². The Morgan fingerprint density at radius 2 is 0.842 bits per heavy atom. The second kappa shape index (κ2) is 40.9. The standard InChI is InChI=1S/C57H101NO18/c1-3-5-7-9-11-13-15-17-19-21-23-25-27-29-31-33-35-45(63)58-40(41(62)34-32-30-28-26-24-22-20-18-16-14-12-10-8-6-4-2)39-71-55-51(69)48(66)53(43(37-60)73-55)76-57-52(70)49(67)54(44(38-61)74-57)75-56-50(68)47(65)46(64)42(36-59)72-56/h16,18-19,21,24,26,32,34,40-44,46-57,59-62,64-70H,3-15,17,20,22-23,25,27-31,33,35-39H2,1-2H3,(H,58,63)/b18-16+,21-19-,26-24+,34-32+. The monoisotopic (exact) mass is 1090 g/mol. The zero-order valence-electron chi connectivity index (χ0n) is 45.7. The van der Waals surface area contributed by atoms with Gasteiger partial charge in [0.1, 0.15) is 73.2 Å². The highest BCUT2D eigenvalue weighted by Crippen LogP contribution is 2.33. The minimum atomic E-state index is -1.98. The van der Waals surface area contributed by atoms with Gasteiger partial charge >= 0.3 is 0 Å². The van der Waals surface area contributed by atoms with E-state index in [0.717, 1.165) is 64.2 Å². The van der Waals surface area contributed by atoms with Crippen molar-refractivity contribution in [1.82, 2.24) is 5.32 Å². The van der Waals surface area contributed by atoms with Gasteiger partial charge in [-0.05, 0) is 70.6 Å². The van der Waals surface area contributed by atoms with Crippen LogP contribution in [0.5, 0.6) is 0 Å². The molecule has 0 aromatic heterocycles. The number of hydrogen-bond acceptors (Lipinski definition) is 18. The van der Waals surface area contributed by atoms with Crippen molar-refractivity contribution in [2.45, 2.75) is 279 Å². The molecule has 0 aromatic rings. The summed E-state index contributed by atoms with van der Waals surface area (Å²) in [4.78, 5) is 13.3. The number of carbonyl (C=O) groups is 1. The summed E-state index contributed by atoms with van der Waals surface area (Å²) < 4.78 is 34.2. The molecule has 3 rings (SSSR count). The molecule has 3 saturated heterocycles. The zero-order valence-corrected chi connectivity index (χ0v) is 45.7. The molecule has 3 aliphatic heterocycles. The number of aliphatic hydroxyl groups excluding tert-OH is 11. The van der Waals surface area contributed by atoms with Crippen LogP contribution in [0.25, 0.3) is 0 Å². The van der Waals surface area contributed by atoms with E-state index in [2.05, 4.69) is 55.6 Å². The number of hydrogen-bond donors (Lipinski definition) is 12. The molecule has 19 heteroatoms. The van der Waals surface area contributed by atoms with Crippen molar-refractivity contribution in [3.05, 3.63) is 48.6 Å². The summed E-state index contributed by atoms with van der Waals surface area (Å²) in [5.41, 5.74) is 0. The van der Waals surface area contributed by atoms with E-state index in [9.17, 15) is 61.0 Å². The van der Waals surface area contributed by atoms with Crippen LogP contribution in [-0.2, 0) is 33.2 Å². The predicted molar refractivity (Wildman–Crippen MR) is 286 cm³/mol. The predicted octanol–water partition coefficient (Wildman–Crippen LogP) is 4.31. The molecular formula is C57H101NO18. The molecule has 3 heterocycles. The lowest BCUT2D eigenvalue weighted by Crippen LogP contribution is -2.66. The SMILES string of the molecule is CCCCCCC/C=C/CC/C=C/CC/C=C/C(O)C(COC1OC(CO)C(OC2OC(CO)C(OC3OC(CO)C(O)C(O)C3O)C(O)C2O)C(O)C1O)NC(=O)CCCCCCC/C=C\CCCCCCCCC. The molecule has 3 aliphatic rings. The highest BCUT2D eigenvalue weighted by Gasteiger charge is 2.53. The van der Waals surface area contributed by atoms with Crippen LogP contribution < -0.4 is 5.32 Å². The maximum Gasteiger partial charge on any atom is 0.220 e. The van der Waals surface area contributed by atoms with Gasteiger partial charge in [0, 0.05) is 6.42 Å².